The molecule has 0 radical (unpaired) electrons. The lowest BCUT2D eigenvalue weighted by atomic mass is 9.84. The topological polar surface area (TPSA) is 35.8 Å². The Bertz CT molecular complexity index is 204. The predicted octanol–water partition coefficient (Wildman–Crippen LogP) is 1.56. The van der Waals surface area contributed by atoms with Gasteiger partial charge < -0.3 is 15.0 Å². The molecule has 3 atom stereocenters. The summed E-state index contributed by atoms with van der Waals surface area (Å²) in [5, 5.41) is 9.39. The van der Waals surface area contributed by atoms with Gasteiger partial charge in [0.15, 0.2) is 0 Å². The number of hydrogen-bond acceptors (Lipinski definition) is 3. The van der Waals surface area contributed by atoms with Gasteiger partial charge in [0.1, 0.15) is 0 Å². The Kier molecular flexibility index (Phi) is 5.26. The van der Waals surface area contributed by atoms with Gasteiger partial charge >= 0.3 is 0 Å². The number of aliphatic hydroxyl groups is 1. The van der Waals surface area contributed by atoms with Crippen LogP contribution in [0.1, 0.15) is 32.6 Å². The van der Waals surface area contributed by atoms with Crippen LogP contribution in [0.3, 0.4) is 0 Å². The maximum atomic E-state index is 9.39. The predicted molar refractivity (Wildman–Crippen MR) is 64.5 cm³/mol. The highest BCUT2D eigenvalue weighted by atomic mass is 16.3. The monoisotopic (exact) mass is 212 g/mol. The molecule has 15 heavy (non-hydrogen) atoms. The first kappa shape index (κ1) is 12.7. The van der Waals surface area contributed by atoms with E-state index in [0.717, 1.165) is 6.54 Å². The third-order valence-electron chi connectivity index (χ3n) is 3.24. The lowest BCUT2D eigenvalue weighted by Crippen LogP contribution is -2.43. The zero-order valence-corrected chi connectivity index (χ0v) is 10.2. The first-order valence-electron chi connectivity index (χ1n) is 5.95. The van der Waals surface area contributed by atoms with Crippen LogP contribution < -0.4 is 0 Å². The molecule has 0 aromatic carbocycles. The molecule has 3 heteroatoms. The van der Waals surface area contributed by atoms with E-state index in [4.69, 9.17) is 0 Å². The molecule has 0 aromatic rings. The lowest BCUT2D eigenvalue weighted by molar-refractivity contribution is 0.0914. The fourth-order valence-electron chi connectivity index (χ4n) is 2.60. The van der Waals surface area contributed by atoms with Crippen LogP contribution in [-0.2, 0) is 0 Å². The SMILES string of the molecule is C/N=C/C1CCCC[C@@H]1N(C)CC(C)O. The van der Waals surface area contributed by atoms with Gasteiger partial charge in [-0.3, -0.25) is 0 Å². The van der Waals surface area contributed by atoms with Gasteiger partial charge in [0, 0.05) is 31.8 Å². The third-order valence-corrected chi connectivity index (χ3v) is 3.24. The molecular formula is C12H24N2O. The number of rotatable bonds is 4. The Morgan fingerprint density at radius 2 is 2.13 bits per heavy atom. The van der Waals surface area contributed by atoms with Crippen LogP contribution in [0, 0.1) is 5.92 Å². The highest BCUT2D eigenvalue weighted by molar-refractivity contribution is 5.61. The molecule has 1 rings (SSSR count). The highest BCUT2D eigenvalue weighted by Gasteiger charge is 2.27. The van der Waals surface area contributed by atoms with Crippen molar-refractivity contribution in [1.82, 2.24) is 4.90 Å². The quantitative estimate of drug-likeness (QED) is 0.718. The second-order valence-corrected chi connectivity index (χ2v) is 4.71. The summed E-state index contributed by atoms with van der Waals surface area (Å²) in [6.07, 6.45) is 6.95. The van der Waals surface area contributed by atoms with Crippen molar-refractivity contribution in [3.8, 4) is 0 Å². The van der Waals surface area contributed by atoms with Crippen LogP contribution in [0.15, 0.2) is 4.99 Å². The third kappa shape index (κ3) is 3.92. The normalized spacial score (nSPS) is 29.9. The van der Waals surface area contributed by atoms with Crippen LogP contribution in [0.5, 0.6) is 0 Å². The van der Waals surface area contributed by atoms with E-state index in [0.29, 0.717) is 12.0 Å². The molecule has 0 spiro atoms. The van der Waals surface area contributed by atoms with Gasteiger partial charge in [-0.25, -0.2) is 0 Å². The fraction of sp³-hybridized carbons (Fsp3) is 0.917. The number of aliphatic hydroxyl groups excluding tert-OH is 1. The van der Waals surface area contributed by atoms with E-state index >= 15 is 0 Å². The maximum Gasteiger partial charge on any atom is 0.0639 e. The summed E-state index contributed by atoms with van der Waals surface area (Å²) in [5.74, 6) is 0.576. The molecule has 2 unspecified atom stereocenters. The van der Waals surface area contributed by atoms with Crippen LogP contribution in [-0.4, -0.2) is 49.0 Å². The average molecular weight is 212 g/mol. The van der Waals surface area contributed by atoms with E-state index in [1.54, 1.807) is 0 Å². The van der Waals surface area contributed by atoms with Crippen molar-refractivity contribution in [2.45, 2.75) is 44.8 Å². The summed E-state index contributed by atoms with van der Waals surface area (Å²) < 4.78 is 0. The van der Waals surface area contributed by atoms with Crippen molar-refractivity contribution in [3.63, 3.8) is 0 Å². The van der Waals surface area contributed by atoms with Crippen molar-refractivity contribution in [2.75, 3.05) is 20.6 Å². The van der Waals surface area contributed by atoms with Crippen molar-refractivity contribution in [1.29, 1.82) is 0 Å². The van der Waals surface area contributed by atoms with Gasteiger partial charge in [-0.1, -0.05) is 12.8 Å². The second-order valence-electron chi connectivity index (χ2n) is 4.71. The molecule has 0 heterocycles. The largest absolute Gasteiger partial charge is 0.392 e. The first-order valence-corrected chi connectivity index (χ1v) is 5.95. The Balaban J connectivity index is 2.54. The average Bonchev–Trinajstić information content (AvgIpc) is 2.18. The lowest BCUT2D eigenvalue weighted by Gasteiger charge is -2.36. The van der Waals surface area contributed by atoms with E-state index in [1.165, 1.54) is 25.7 Å². The minimum atomic E-state index is -0.240. The summed E-state index contributed by atoms with van der Waals surface area (Å²) >= 11 is 0. The zero-order chi connectivity index (χ0) is 11.3. The molecule has 88 valence electrons. The highest BCUT2D eigenvalue weighted by Crippen LogP contribution is 2.26. The maximum absolute atomic E-state index is 9.39. The van der Waals surface area contributed by atoms with Crippen LogP contribution in [0.2, 0.25) is 0 Å². The van der Waals surface area contributed by atoms with Crippen molar-refractivity contribution >= 4 is 6.21 Å². The van der Waals surface area contributed by atoms with Crippen LogP contribution in [0.4, 0.5) is 0 Å². The molecule has 0 aromatic heterocycles. The zero-order valence-electron chi connectivity index (χ0n) is 10.2. The van der Waals surface area contributed by atoms with Gasteiger partial charge in [-0.05, 0) is 26.8 Å². The summed E-state index contributed by atoms with van der Waals surface area (Å²) in [7, 11) is 3.96. The van der Waals surface area contributed by atoms with E-state index in [1.807, 2.05) is 14.0 Å². The van der Waals surface area contributed by atoms with Gasteiger partial charge in [0.25, 0.3) is 0 Å². The van der Waals surface area contributed by atoms with Crippen LogP contribution in [0.25, 0.3) is 0 Å². The smallest absolute Gasteiger partial charge is 0.0639 e. The molecule has 1 N–H and O–H groups in total. The molecule has 0 aliphatic heterocycles. The molecule has 1 aliphatic carbocycles. The van der Waals surface area contributed by atoms with Gasteiger partial charge in [0.2, 0.25) is 0 Å². The summed E-state index contributed by atoms with van der Waals surface area (Å²) in [6, 6.07) is 0.567. The van der Waals surface area contributed by atoms with Crippen molar-refractivity contribution in [3.05, 3.63) is 0 Å². The molecule has 0 bridgehead atoms. The molecule has 0 amide bonds. The number of nitrogens with zero attached hydrogens (tertiary/aromatic N) is 2. The van der Waals surface area contributed by atoms with Gasteiger partial charge in [-0.2, -0.15) is 0 Å². The second kappa shape index (κ2) is 6.23. The number of likely N-dealkylation sites (N-methyl/N-ethyl adjacent to an activating group) is 1. The molecular weight excluding hydrogens is 188 g/mol. The Hall–Kier alpha value is -0.410. The van der Waals surface area contributed by atoms with Crippen LogP contribution >= 0.6 is 0 Å². The van der Waals surface area contributed by atoms with Crippen molar-refractivity contribution in [2.24, 2.45) is 10.9 Å². The molecule has 0 saturated heterocycles. The Labute approximate surface area is 93.2 Å². The first-order chi connectivity index (χ1) is 7.15. The van der Waals surface area contributed by atoms with Crippen molar-refractivity contribution < 1.29 is 5.11 Å². The minimum absolute atomic E-state index is 0.240. The van der Waals surface area contributed by atoms with Gasteiger partial charge in [0.05, 0.1) is 6.10 Å². The molecule has 1 aliphatic rings. The molecule has 1 saturated carbocycles. The Morgan fingerprint density at radius 1 is 1.47 bits per heavy atom. The summed E-state index contributed by atoms with van der Waals surface area (Å²) in [4.78, 5) is 6.44. The van der Waals surface area contributed by atoms with Gasteiger partial charge in [-0.15, -0.1) is 0 Å². The minimum Gasteiger partial charge on any atom is -0.392 e. The number of hydrogen-bond donors (Lipinski definition) is 1. The molecule has 3 nitrogen and oxygen atoms in total. The molecule has 1 fully saturated rings. The summed E-state index contributed by atoms with van der Waals surface area (Å²) in [6.45, 7) is 2.61. The summed E-state index contributed by atoms with van der Waals surface area (Å²) in [5.41, 5.74) is 0. The van der Waals surface area contributed by atoms with E-state index in [-0.39, 0.29) is 6.10 Å². The van der Waals surface area contributed by atoms with E-state index < -0.39 is 0 Å². The van der Waals surface area contributed by atoms with E-state index in [2.05, 4.69) is 23.2 Å². The fourth-order valence-corrected chi connectivity index (χ4v) is 2.60. The standard InChI is InChI=1S/C12H24N2O/c1-10(15)9-14(3)12-7-5-4-6-11(12)8-13-2/h8,10-12,15H,4-7,9H2,1-3H3/b13-8+/t10?,11?,12-/m0/s1. The van der Waals surface area contributed by atoms with E-state index in [9.17, 15) is 5.11 Å². The number of aliphatic imine (C=N–C) groups is 1. The Morgan fingerprint density at radius 3 is 2.73 bits per heavy atom.